The van der Waals surface area contributed by atoms with Crippen LogP contribution in [-0.2, 0) is 95.2 Å². The van der Waals surface area contributed by atoms with E-state index in [1.165, 1.54) is 54.2 Å². The summed E-state index contributed by atoms with van der Waals surface area (Å²) >= 11 is 0. The van der Waals surface area contributed by atoms with Gasteiger partial charge in [0.05, 0.1) is 33.5 Å². The van der Waals surface area contributed by atoms with E-state index in [0.717, 1.165) is 26.3 Å². The van der Waals surface area contributed by atoms with Crippen molar-refractivity contribution in [1.82, 2.24) is 0 Å². The molecule has 0 amide bonds. The third-order valence-electron chi connectivity index (χ3n) is 12.8. The number of aliphatic imine (C=N–C) groups is 2. The summed E-state index contributed by atoms with van der Waals surface area (Å²) in [5, 5.41) is 74.5. The molecule has 520 valence electrons. The average Bonchev–Trinajstić information content (AvgIpc) is 0.810. The Hall–Kier alpha value is -6.84. The summed E-state index contributed by atoms with van der Waals surface area (Å²) in [5.74, 6) is -3.92. The van der Waals surface area contributed by atoms with Crippen molar-refractivity contribution in [2.24, 2.45) is 21.5 Å². The summed E-state index contributed by atoms with van der Waals surface area (Å²) in [7, 11) is 3.10. The molecule has 2 aromatic carbocycles. The number of esters is 8. The molecule has 20 unspecified atom stereocenters. The molecule has 4 aliphatic rings. The number of nitrogens with two attached hydrogens (primary N) is 2. The Morgan fingerprint density at radius 1 is 0.424 bits per heavy atom. The van der Waals surface area contributed by atoms with E-state index in [2.05, 4.69) is 9.98 Å². The number of aliphatic hydroxyl groups excluding tert-OH is 8. The number of aliphatic hydroxyl groups is 8. The fourth-order valence-electron chi connectivity index (χ4n) is 8.59. The summed E-state index contributed by atoms with van der Waals surface area (Å²) in [6.45, 7) is 7.73. The van der Waals surface area contributed by atoms with Crippen molar-refractivity contribution in [3.8, 4) is 11.5 Å². The largest absolute Gasteiger partial charge is 0.497 e. The Bertz CT molecular complexity index is 2680. The van der Waals surface area contributed by atoms with Crippen LogP contribution in [0.3, 0.4) is 0 Å². The Morgan fingerprint density at radius 2 is 0.772 bits per heavy atom. The highest BCUT2D eigenvalue weighted by molar-refractivity contribution is 5.86. The molecule has 0 spiro atoms. The summed E-state index contributed by atoms with van der Waals surface area (Å²) in [5.41, 5.74) is 12.6. The van der Waals surface area contributed by atoms with E-state index >= 15 is 0 Å². The summed E-state index contributed by atoms with van der Waals surface area (Å²) in [6.07, 6.45) is -16.3. The number of hydrogen-bond donors (Lipinski definition) is 10. The number of methoxy groups -OCH3 is 2. The summed E-state index contributed by atoms with van der Waals surface area (Å²) < 4.78 is 72.2. The maximum atomic E-state index is 11.9. The van der Waals surface area contributed by atoms with Gasteiger partial charge in [-0.1, -0.05) is 0 Å². The lowest BCUT2D eigenvalue weighted by Gasteiger charge is -2.42. The van der Waals surface area contributed by atoms with Gasteiger partial charge in [-0.25, -0.2) is 0 Å². The zero-order valence-corrected chi connectivity index (χ0v) is 53.2. The molecule has 4 fully saturated rings. The maximum absolute atomic E-state index is 11.9. The van der Waals surface area contributed by atoms with Crippen LogP contribution in [0.5, 0.6) is 11.5 Å². The van der Waals surface area contributed by atoms with Gasteiger partial charge in [0, 0.05) is 67.8 Å². The van der Waals surface area contributed by atoms with Crippen molar-refractivity contribution in [3.63, 3.8) is 0 Å². The standard InChI is InChI=1S/C22H27NO10.C14H21NO9.C14H19NO6.C6H13NO5.2ClH/c1-12(24)29-11-18-20(30-13(2)25)21(31-14(3)26)19(22(33-18)32-15(4)27)23-10-16-6-8-17(28-5)9-7-16;1-6(16)20-5-10-12(21-7(2)17)13(22-8(3)18)11(15)14(24-10)23-9(4)19;1-20-9-4-2-8(3-5-9)6-15-11-13(18)12(17)10(7-16)21-14(11)19;7-3-5(10)4(9)2(1-8)12-6(3)11;;/h6-10,18-22H,11H2,1-5H3;10-14H,5,15H2,1-4H3;2-6,10-14,16-19H,7H2,1H3;2-6,8-11H,1,7H2;2*1H. The number of carbonyl (C=O) groups excluding carboxylic acids is 8. The molecule has 0 radical (unpaired) electrons. The molecule has 4 heterocycles. The minimum atomic E-state index is -1.39. The first-order chi connectivity index (χ1) is 42.3. The van der Waals surface area contributed by atoms with Crippen molar-refractivity contribution in [2.45, 2.75) is 178 Å². The number of carbonyl (C=O) groups is 8. The van der Waals surface area contributed by atoms with Crippen LogP contribution >= 0.6 is 24.8 Å². The van der Waals surface area contributed by atoms with E-state index in [4.69, 9.17) is 93.1 Å². The minimum absolute atomic E-state index is 0. The summed E-state index contributed by atoms with van der Waals surface area (Å²) in [4.78, 5) is 100. The molecule has 0 aromatic heterocycles. The molecule has 4 aliphatic heterocycles. The first-order valence-corrected chi connectivity index (χ1v) is 27.4. The highest BCUT2D eigenvalue weighted by atomic mass is 35.5. The fourth-order valence-corrected chi connectivity index (χ4v) is 8.59. The second-order valence-corrected chi connectivity index (χ2v) is 19.9. The van der Waals surface area contributed by atoms with Gasteiger partial charge >= 0.3 is 47.8 Å². The minimum Gasteiger partial charge on any atom is -0.497 e. The molecule has 2 aromatic rings. The number of halogens is 2. The van der Waals surface area contributed by atoms with E-state index < -0.39 is 184 Å². The number of ether oxygens (including phenoxy) is 14. The molecular weight excluding hydrogens is 1280 g/mol. The second-order valence-electron chi connectivity index (χ2n) is 19.9. The van der Waals surface area contributed by atoms with Crippen molar-refractivity contribution in [1.29, 1.82) is 0 Å². The summed E-state index contributed by atoms with van der Waals surface area (Å²) in [6, 6.07) is 9.70. The quantitative estimate of drug-likeness (QED) is 0.0398. The van der Waals surface area contributed by atoms with Crippen molar-refractivity contribution >= 4 is 85.0 Å². The Kier molecular flexibility index (Phi) is 37.1. The normalized spacial score (nSPS) is 30.5. The molecule has 20 atom stereocenters. The van der Waals surface area contributed by atoms with Gasteiger partial charge in [-0.05, 0) is 59.7 Å². The molecule has 4 saturated heterocycles. The molecular formula is C56H82Cl2N4O30. The van der Waals surface area contributed by atoms with E-state index in [0.29, 0.717) is 17.1 Å². The van der Waals surface area contributed by atoms with Gasteiger partial charge < -0.3 is 119 Å². The van der Waals surface area contributed by atoms with Crippen molar-refractivity contribution in [2.75, 3.05) is 40.6 Å². The predicted octanol–water partition coefficient (Wildman–Crippen LogP) is -3.27. The number of hydrogen-bond acceptors (Lipinski definition) is 34. The van der Waals surface area contributed by atoms with Gasteiger partial charge in [-0.15, -0.1) is 24.8 Å². The number of rotatable bonds is 18. The lowest BCUT2D eigenvalue weighted by molar-refractivity contribution is -0.267. The van der Waals surface area contributed by atoms with Crippen LogP contribution in [0.1, 0.15) is 66.5 Å². The smallest absolute Gasteiger partial charge is 0.305 e. The monoisotopic (exact) mass is 1360 g/mol. The van der Waals surface area contributed by atoms with E-state index in [1.54, 1.807) is 55.6 Å². The van der Waals surface area contributed by atoms with Crippen LogP contribution in [-0.4, -0.2) is 264 Å². The number of benzene rings is 2. The number of nitrogens with zero attached hydrogens (tertiary/aromatic N) is 2. The van der Waals surface area contributed by atoms with E-state index in [9.17, 15) is 63.9 Å². The predicted molar refractivity (Wildman–Crippen MR) is 315 cm³/mol. The Labute approximate surface area is 540 Å². The first-order valence-electron chi connectivity index (χ1n) is 27.4. The lowest BCUT2D eigenvalue weighted by Crippen LogP contribution is -2.65. The third-order valence-corrected chi connectivity index (χ3v) is 12.8. The second kappa shape index (κ2) is 41.0. The fraction of sp³-hybridized carbons (Fsp3) is 0.607. The molecule has 0 saturated carbocycles. The zero-order chi connectivity index (χ0) is 67.7. The lowest BCUT2D eigenvalue weighted by atomic mass is 9.96. The topological polar surface area (TPSA) is 504 Å². The van der Waals surface area contributed by atoms with Gasteiger partial charge in [0.1, 0.15) is 85.6 Å². The van der Waals surface area contributed by atoms with Crippen molar-refractivity contribution < 1.29 is 146 Å². The molecule has 0 aliphatic carbocycles. The molecule has 92 heavy (non-hydrogen) atoms. The molecule has 36 heteroatoms. The van der Waals surface area contributed by atoms with Crippen LogP contribution in [0.4, 0.5) is 0 Å². The highest BCUT2D eigenvalue weighted by Crippen LogP contribution is 2.31. The molecule has 12 N–H and O–H groups in total. The Morgan fingerprint density at radius 3 is 1.16 bits per heavy atom. The van der Waals surface area contributed by atoms with Crippen LogP contribution < -0.4 is 20.9 Å². The third kappa shape index (κ3) is 26.6. The first kappa shape index (κ1) is 83.2. The van der Waals surface area contributed by atoms with Crippen LogP contribution in [0.15, 0.2) is 58.5 Å². The van der Waals surface area contributed by atoms with Gasteiger partial charge in [0.15, 0.2) is 43.0 Å². The van der Waals surface area contributed by atoms with Gasteiger partial charge in [-0.2, -0.15) is 0 Å². The van der Waals surface area contributed by atoms with Gasteiger partial charge in [0.2, 0.25) is 12.6 Å². The molecule has 0 bridgehead atoms. The van der Waals surface area contributed by atoms with Crippen LogP contribution in [0.2, 0.25) is 0 Å². The van der Waals surface area contributed by atoms with E-state index in [1.807, 2.05) is 0 Å². The maximum Gasteiger partial charge on any atom is 0.305 e. The Balaban J connectivity index is 0.000000639. The van der Waals surface area contributed by atoms with Gasteiger partial charge in [0.25, 0.3) is 0 Å². The van der Waals surface area contributed by atoms with Crippen LogP contribution in [0, 0.1) is 0 Å². The molecule has 34 nitrogen and oxygen atoms in total. The van der Waals surface area contributed by atoms with E-state index in [-0.39, 0.29) is 38.0 Å². The SMILES string of the molecule is CC(=O)OCC1OC(OC(C)=O)C(N)C(OC(C)=O)C1OC(C)=O.COc1ccc(C=NC2C(O)OC(CO)C(O)C2O)cc1.COc1ccc(C=NC2C(OC(C)=O)OC(COC(C)=O)C(OC(C)=O)C2OC(C)=O)cc1.Cl.Cl.NC1C(O)OC(CO)C(O)C1O. The van der Waals surface area contributed by atoms with Gasteiger partial charge in [-0.3, -0.25) is 48.3 Å². The van der Waals surface area contributed by atoms with Crippen LogP contribution in [0.25, 0.3) is 0 Å². The highest BCUT2D eigenvalue weighted by Gasteiger charge is 2.53. The zero-order valence-electron chi connectivity index (χ0n) is 51.6. The van der Waals surface area contributed by atoms with Crippen molar-refractivity contribution in [3.05, 3.63) is 59.7 Å². The average molecular weight is 1360 g/mol. The molecule has 6 rings (SSSR count).